The number of hydrogen-bond acceptors (Lipinski definition) is 3. The molecule has 0 spiro atoms. The first kappa shape index (κ1) is 8.70. The van der Waals surface area contributed by atoms with Crippen molar-refractivity contribution in [3.63, 3.8) is 0 Å². The summed E-state index contributed by atoms with van der Waals surface area (Å²) in [6.07, 6.45) is 2.61. The van der Waals surface area contributed by atoms with Gasteiger partial charge >= 0.3 is 0 Å². The average Bonchev–Trinajstić information content (AvgIpc) is 2.58. The summed E-state index contributed by atoms with van der Waals surface area (Å²) in [6, 6.07) is 4.51. The largest absolute Gasteiger partial charge is 0.441 e. The number of nitrogens with zero attached hydrogens (tertiary/aromatic N) is 1. The Bertz CT molecular complexity index is 670. The van der Waals surface area contributed by atoms with E-state index in [-0.39, 0.29) is 0 Å². The minimum absolute atomic E-state index is 0.442. The second kappa shape index (κ2) is 2.27. The predicted molar refractivity (Wildman–Crippen MR) is 64.0 cm³/mol. The summed E-state index contributed by atoms with van der Waals surface area (Å²) in [5, 5.41) is 3.55. The quantitative estimate of drug-likeness (QED) is 0.746. The standard InChI is InChI=1S/C14H14N2O/c1-8-16-11-2-9-4-13-5-14(13,7-15-6-13)10(9)3-12(11)17-8/h2-3,15H,4-7H2,1H3. The third-order valence-corrected chi connectivity index (χ3v) is 5.19. The second-order valence-electron chi connectivity index (χ2n) is 6.03. The van der Waals surface area contributed by atoms with Crippen LogP contribution in [0.15, 0.2) is 16.5 Å². The normalized spacial score (nSPS) is 37.0. The lowest BCUT2D eigenvalue weighted by molar-refractivity contribution is 0.522. The Morgan fingerprint density at radius 1 is 1.35 bits per heavy atom. The molecule has 0 bridgehead atoms. The number of fused-ring (bicyclic) bond motifs is 2. The van der Waals surface area contributed by atoms with Crippen molar-refractivity contribution in [2.75, 3.05) is 13.1 Å². The first-order valence-electron chi connectivity index (χ1n) is 6.34. The Kier molecular flexibility index (Phi) is 1.16. The fraction of sp³-hybridized carbons (Fsp3) is 0.500. The number of nitrogens with one attached hydrogen (secondary N) is 1. The molecular formula is C14H14N2O. The Morgan fingerprint density at radius 3 is 3.24 bits per heavy atom. The minimum Gasteiger partial charge on any atom is -0.441 e. The summed E-state index contributed by atoms with van der Waals surface area (Å²) in [5.41, 5.74) is 6.02. The molecule has 2 aliphatic carbocycles. The zero-order valence-corrected chi connectivity index (χ0v) is 9.84. The van der Waals surface area contributed by atoms with Gasteiger partial charge in [-0.25, -0.2) is 4.98 Å². The molecule has 2 aromatic rings. The highest BCUT2D eigenvalue weighted by Gasteiger charge is 2.73. The number of benzene rings is 1. The van der Waals surface area contributed by atoms with Crippen LogP contribution in [0.5, 0.6) is 0 Å². The smallest absolute Gasteiger partial charge is 0.192 e. The van der Waals surface area contributed by atoms with E-state index in [1.165, 1.54) is 30.5 Å². The molecule has 86 valence electrons. The Labute approximate surface area is 99.2 Å². The maximum absolute atomic E-state index is 5.67. The highest BCUT2D eigenvalue weighted by molar-refractivity contribution is 5.77. The van der Waals surface area contributed by atoms with Crippen molar-refractivity contribution in [2.45, 2.75) is 25.2 Å². The molecule has 1 aromatic heterocycles. The molecule has 0 amide bonds. The van der Waals surface area contributed by atoms with Crippen molar-refractivity contribution in [1.82, 2.24) is 10.3 Å². The van der Waals surface area contributed by atoms with Crippen LogP contribution in [0.2, 0.25) is 0 Å². The van der Waals surface area contributed by atoms with Crippen LogP contribution in [0.1, 0.15) is 23.4 Å². The zero-order chi connectivity index (χ0) is 11.3. The molecule has 3 aliphatic rings. The van der Waals surface area contributed by atoms with Gasteiger partial charge in [-0.3, -0.25) is 0 Å². The highest BCUT2D eigenvalue weighted by Crippen LogP contribution is 2.73. The highest BCUT2D eigenvalue weighted by atomic mass is 16.3. The van der Waals surface area contributed by atoms with Crippen molar-refractivity contribution in [2.24, 2.45) is 5.41 Å². The molecule has 1 N–H and O–H groups in total. The number of oxazole rings is 1. The van der Waals surface area contributed by atoms with E-state index >= 15 is 0 Å². The van der Waals surface area contributed by atoms with Crippen molar-refractivity contribution in [3.05, 3.63) is 29.2 Å². The third-order valence-electron chi connectivity index (χ3n) is 5.19. The first-order valence-corrected chi connectivity index (χ1v) is 6.34. The van der Waals surface area contributed by atoms with Gasteiger partial charge in [0.25, 0.3) is 0 Å². The molecule has 2 atom stereocenters. The fourth-order valence-corrected chi connectivity index (χ4v) is 4.39. The lowest BCUT2D eigenvalue weighted by Gasteiger charge is -2.13. The van der Waals surface area contributed by atoms with Crippen molar-refractivity contribution >= 4 is 11.1 Å². The summed E-state index contributed by atoms with van der Waals surface area (Å²) >= 11 is 0. The van der Waals surface area contributed by atoms with Gasteiger partial charge in [-0.2, -0.15) is 0 Å². The maximum atomic E-state index is 5.67. The van der Waals surface area contributed by atoms with Gasteiger partial charge in [-0.15, -0.1) is 0 Å². The number of piperidine rings is 1. The van der Waals surface area contributed by atoms with Gasteiger partial charge in [0, 0.05) is 25.4 Å². The van der Waals surface area contributed by atoms with Crippen LogP contribution in [0.4, 0.5) is 0 Å². The van der Waals surface area contributed by atoms with Crippen LogP contribution in [-0.2, 0) is 11.8 Å². The number of aromatic nitrogens is 1. The van der Waals surface area contributed by atoms with Gasteiger partial charge in [0.05, 0.1) is 0 Å². The van der Waals surface area contributed by atoms with E-state index in [1.54, 1.807) is 0 Å². The van der Waals surface area contributed by atoms with Crippen molar-refractivity contribution < 1.29 is 4.42 Å². The third kappa shape index (κ3) is 0.785. The van der Waals surface area contributed by atoms with E-state index in [9.17, 15) is 0 Å². The zero-order valence-electron chi connectivity index (χ0n) is 9.84. The molecule has 3 heteroatoms. The molecular weight excluding hydrogens is 212 g/mol. The van der Waals surface area contributed by atoms with Crippen LogP contribution in [0, 0.1) is 12.3 Å². The molecule has 1 aliphatic heterocycles. The van der Waals surface area contributed by atoms with E-state index in [0.29, 0.717) is 10.8 Å². The number of aryl methyl sites for hydroxylation is 1. The average molecular weight is 226 g/mol. The van der Waals surface area contributed by atoms with E-state index in [4.69, 9.17) is 4.42 Å². The molecule has 1 saturated carbocycles. The monoisotopic (exact) mass is 226 g/mol. The summed E-state index contributed by atoms with van der Waals surface area (Å²) in [6.45, 7) is 4.26. The first-order chi connectivity index (χ1) is 8.22. The van der Waals surface area contributed by atoms with Crippen LogP contribution in [0.3, 0.4) is 0 Å². The van der Waals surface area contributed by atoms with E-state index < -0.39 is 0 Å². The topological polar surface area (TPSA) is 38.1 Å². The Hall–Kier alpha value is -1.35. The van der Waals surface area contributed by atoms with Crippen molar-refractivity contribution in [1.29, 1.82) is 0 Å². The summed E-state index contributed by atoms with van der Waals surface area (Å²) in [5.74, 6) is 0.771. The van der Waals surface area contributed by atoms with E-state index in [2.05, 4.69) is 22.4 Å². The molecule has 1 aromatic carbocycles. The number of hydrogen-bond donors (Lipinski definition) is 1. The fourth-order valence-electron chi connectivity index (χ4n) is 4.39. The van der Waals surface area contributed by atoms with Crippen molar-refractivity contribution in [3.8, 4) is 0 Å². The molecule has 3 nitrogen and oxygen atoms in total. The van der Waals surface area contributed by atoms with Gasteiger partial charge < -0.3 is 9.73 Å². The molecule has 0 radical (unpaired) electrons. The van der Waals surface area contributed by atoms with Gasteiger partial charge in [-0.05, 0) is 41.5 Å². The number of rotatable bonds is 0. The Balaban J connectivity index is 1.82. The predicted octanol–water partition coefficient (Wildman–Crippen LogP) is 1.92. The minimum atomic E-state index is 0.442. The van der Waals surface area contributed by atoms with Crippen LogP contribution >= 0.6 is 0 Å². The summed E-state index contributed by atoms with van der Waals surface area (Å²) < 4.78 is 5.67. The van der Waals surface area contributed by atoms with Gasteiger partial charge in [-0.1, -0.05) is 0 Å². The molecule has 5 rings (SSSR count). The molecule has 17 heavy (non-hydrogen) atoms. The molecule has 2 unspecified atom stereocenters. The Morgan fingerprint density at radius 2 is 2.29 bits per heavy atom. The second-order valence-corrected chi connectivity index (χ2v) is 6.03. The molecule has 1 saturated heterocycles. The summed E-state index contributed by atoms with van der Waals surface area (Å²) in [4.78, 5) is 4.44. The van der Waals surface area contributed by atoms with E-state index in [0.717, 1.165) is 23.5 Å². The SMILES string of the molecule is Cc1nc2cc3c(cc2o1)C12CNCC1(C3)C2. The molecule has 2 fully saturated rings. The summed E-state index contributed by atoms with van der Waals surface area (Å²) in [7, 11) is 0. The molecule has 2 heterocycles. The lowest BCUT2D eigenvalue weighted by Crippen LogP contribution is -2.21. The van der Waals surface area contributed by atoms with Gasteiger partial charge in [0.15, 0.2) is 11.5 Å². The van der Waals surface area contributed by atoms with Crippen LogP contribution in [-0.4, -0.2) is 18.1 Å². The maximum Gasteiger partial charge on any atom is 0.192 e. The van der Waals surface area contributed by atoms with E-state index in [1.807, 2.05) is 6.92 Å². The van der Waals surface area contributed by atoms with Crippen LogP contribution in [0.25, 0.3) is 11.1 Å². The lowest BCUT2D eigenvalue weighted by atomic mass is 9.95. The van der Waals surface area contributed by atoms with Gasteiger partial charge in [0.2, 0.25) is 0 Å². The van der Waals surface area contributed by atoms with Gasteiger partial charge in [0.1, 0.15) is 5.52 Å². The van der Waals surface area contributed by atoms with Crippen LogP contribution < -0.4 is 5.32 Å².